The minimum absolute atomic E-state index is 0.0112. The highest BCUT2D eigenvalue weighted by molar-refractivity contribution is 5.92. The molecule has 1 atom stereocenters. The molecule has 14 heavy (non-hydrogen) atoms. The van der Waals surface area contributed by atoms with E-state index in [1.54, 1.807) is 0 Å². The Labute approximate surface area is 86.3 Å². The molecule has 1 aliphatic rings. The van der Waals surface area contributed by atoms with Crippen molar-refractivity contribution in [1.82, 2.24) is 0 Å². The van der Waals surface area contributed by atoms with Crippen molar-refractivity contribution >= 4 is 5.97 Å². The lowest BCUT2D eigenvalue weighted by Crippen LogP contribution is -2.25. The van der Waals surface area contributed by atoms with Crippen molar-refractivity contribution in [1.29, 1.82) is 0 Å². The van der Waals surface area contributed by atoms with Crippen molar-refractivity contribution in [3.05, 3.63) is 11.6 Å². The van der Waals surface area contributed by atoms with E-state index in [-0.39, 0.29) is 22.9 Å². The third-order valence-electron chi connectivity index (χ3n) is 2.43. The van der Waals surface area contributed by atoms with E-state index >= 15 is 0 Å². The molecule has 0 unspecified atom stereocenters. The van der Waals surface area contributed by atoms with Crippen LogP contribution in [0.4, 0.5) is 0 Å². The molecule has 0 radical (unpaired) electrons. The van der Waals surface area contributed by atoms with Gasteiger partial charge in [-0.05, 0) is 11.5 Å². The molecule has 1 rings (SSSR count). The Morgan fingerprint density at radius 1 is 1.14 bits per heavy atom. The Hall–Kier alpha value is -0.790. The van der Waals surface area contributed by atoms with Gasteiger partial charge in [-0.3, -0.25) is 0 Å². The largest absolute Gasteiger partial charge is 0.454 e. The van der Waals surface area contributed by atoms with Crippen molar-refractivity contribution in [2.24, 2.45) is 10.8 Å². The van der Waals surface area contributed by atoms with Gasteiger partial charge in [0.15, 0.2) is 0 Å². The maximum Gasteiger partial charge on any atom is 0.334 e. The molecule has 0 aromatic carbocycles. The minimum Gasteiger partial charge on any atom is -0.454 e. The standard InChI is InChI=1S/C12H20O2/c1-11(2,3)8-7-9(12(4,5)6)14-10(8)13/h7,9H,1-6H3/t9-/m1/s1. The van der Waals surface area contributed by atoms with E-state index in [1.165, 1.54) is 0 Å². The van der Waals surface area contributed by atoms with Crippen LogP contribution in [0.2, 0.25) is 0 Å². The van der Waals surface area contributed by atoms with E-state index in [1.807, 2.05) is 26.8 Å². The number of hydrogen-bond donors (Lipinski definition) is 0. The summed E-state index contributed by atoms with van der Waals surface area (Å²) in [7, 11) is 0. The van der Waals surface area contributed by atoms with Gasteiger partial charge in [0, 0.05) is 11.0 Å². The Kier molecular flexibility index (Phi) is 2.51. The normalized spacial score (nSPS) is 23.4. The Balaban J connectivity index is 2.95. The minimum atomic E-state index is -0.155. The molecule has 1 aliphatic heterocycles. The second-order valence-corrected chi connectivity index (χ2v) is 6.02. The molecular formula is C12H20O2. The predicted octanol–water partition coefficient (Wildman–Crippen LogP) is 2.93. The monoisotopic (exact) mass is 196 g/mol. The number of hydrogen-bond acceptors (Lipinski definition) is 2. The molecule has 2 heteroatoms. The van der Waals surface area contributed by atoms with Gasteiger partial charge in [-0.1, -0.05) is 41.5 Å². The number of cyclic esters (lactones) is 1. The van der Waals surface area contributed by atoms with Gasteiger partial charge in [-0.25, -0.2) is 4.79 Å². The van der Waals surface area contributed by atoms with E-state index in [9.17, 15) is 4.79 Å². The fourth-order valence-electron chi connectivity index (χ4n) is 1.42. The van der Waals surface area contributed by atoms with E-state index < -0.39 is 0 Å². The molecule has 0 aromatic heterocycles. The number of rotatable bonds is 0. The van der Waals surface area contributed by atoms with Gasteiger partial charge in [0.25, 0.3) is 0 Å². The first-order valence-electron chi connectivity index (χ1n) is 5.05. The second kappa shape index (κ2) is 3.11. The van der Waals surface area contributed by atoms with Crippen LogP contribution in [-0.2, 0) is 9.53 Å². The van der Waals surface area contributed by atoms with Gasteiger partial charge in [0.2, 0.25) is 0 Å². The van der Waals surface area contributed by atoms with Crippen molar-refractivity contribution < 1.29 is 9.53 Å². The molecule has 0 bridgehead atoms. The lowest BCUT2D eigenvalue weighted by Gasteiger charge is -2.23. The lowest BCUT2D eigenvalue weighted by molar-refractivity contribution is -0.144. The van der Waals surface area contributed by atoms with Gasteiger partial charge < -0.3 is 4.74 Å². The van der Waals surface area contributed by atoms with Crippen molar-refractivity contribution in [2.75, 3.05) is 0 Å². The molecule has 2 nitrogen and oxygen atoms in total. The van der Waals surface area contributed by atoms with Crippen molar-refractivity contribution in [3.8, 4) is 0 Å². The molecule has 0 aromatic rings. The number of ether oxygens (including phenoxy) is 1. The molecule has 80 valence electrons. The third kappa shape index (κ3) is 2.17. The highest BCUT2D eigenvalue weighted by Gasteiger charge is 2.38. The average molecular weight is 196 g/mol. The summed E-state index contributed by atoms with van der Waals surface area (Å²) in [6.07, 6.45) is 1.90. The van der Waals surface area contributed by atoms with Crippen LogP contribution < -0.4 is 0 Å². The molecule has 0 spiro atoms. The highest BCUT2D eigenvalue weighted by atomic mass is 16.5. The third-order valence-corrected chi connectivity index (χ3v) is 2.43. The summed E-state index contributed by atoms with van der Waals surface area (Å²) in [5.41, 5.74) is 0.678. The zero-order valence-corrected chi connectivity index (χ0v) is 9.97. The first-order valence-corrected chi connectivity index (χ1v) is 5.05. The summed E-state index contributed by atoms with van der Waals surface area (Å²) < 4.78 is 5.33. The van der Waals surface area contributed by atoms with Gasteiger partial charge in [-0.2, -0.15) is 0 Å². The first kappa shape index (κ1) is 11.3. The SMILES string of the molecule is CC(C)(C)C1=C[C@H](C(C)(C)C)OC1=O. The van der Waals surface area contributed by atoms with Crippen molar-refractivity contribution in [3.63, 3.8) is 0 Å². The van der Waals surface area contributed by atoms with Crippen molar-refractivity contribution in [2.45, 2.75) is 47.6 Å². The molecule has 0 N–H and O–H groups in total. The molecule has 0 fully saturated rings. The highest BCUT2D eigenvalue weighted by Crippen LogP contribution is 2.36. The van der Waals surface area contributed by atoms with Crippen LogP contribution in [0.5, 0.6) is 0 Å². The van der Waals surface area contributed by atoms with Crippen LogP contribution in [0.1, 0.15) is 41.5 Å². The summed E-state index contributed by atoms with van der Waals surface area (Å²) in [5.74, 6) is -0.155. The van der Waals surface area contributed by atoms with Gasteiger partial charge in [-0.15, -0.1) is 0 Å². The van der Waals surface area contributed by atoms with Crippen LogP contribution >= 0.6 is 0 Å². The predicted molar refractivity (Wildman–Crippen MR) is 56.9 cm³/mol. The fraction of sp³-hybridized carbons (Fsp3) is 0.750. The smallest absolute Gasteiger partial charge is 0.334 e. The lowest BCUT2D eigenvalue weighted by atomic mass is 9.83. The summed E-state index contributed by atoms with van der Waals surface area (Å²) in [5, 5.41) is 0. The van der Waals surface area contributed by atoms with Gasteiger partial charge >= 0.3 is 5.97 Å². The number of esters is 1. The zero-order valence-electron chi connectivity index (χ0n) is 9.97. The summed E-state index contributed by atoms with van der Waals surface area (Å²) in [6.45, 7) is 12.3. The second-order valence-electron chi connectivity index (χ2n) is 6.02. The number of carbonyl (C=O) groups excluding carboxylic acids is 1. The molecule has 1 heterocycles. The van der Waals surface area contributed by atoms with E-state index in [0.717, 1.165) is 5.57 Å². The topological polar surface area (TPSA) is 26.3 Å². The summed E-state index contributed by atoms with van der Waals surface area (Å²) in [6, 6.07) is 0. The van der Waals surface area contributed by atoms with Crippen LogP contribution in [0.3, 0.4) is 0 Å². The average Bonchev–Trinajstić information content (AvgIpc) is 2.27. The molecular weight excluding hydrogens is 176 g/mol. The molecule has 0 amide bonds. The number of carbonyl (C=O) groups is 1. The van der Waals surface area contributed by atoms with Crippen LogP contribution in [0.15, 0.2) is 11.6 Å². The van der Waals surface area contributed by atoms with Crippen LogP contribution in [-0.4, -0.2) is 12.1 Å². The van der Waals surface area contributed by atoms with E-state index in [2.05, 4.69) is 20.8 Å². The van der Waals surface area contributed by atoms with Crippen LogP contribution in [0, 0.1) is 10.8 Å². The summed E-state index contributed by atoms with van der Waals surface area (Å²) in [4.78, 5) is 11.6. The molecule has 0 saturated carbocycles. The Morgan fingerprint density at radius 3 is 1.86 bits per heavy atom. The van der Waals surface area contributed by atoms with Gasteiger partial charge in [0.05, 0.1) is 0 Å². The van der Waals surface area contributed by atoms with Gasteiger partial charge in [0.1, 0.15) is 6.10 Å². The maximum absolute atomic E-state index is 11.6. The van der Waals surface area contributed by atoms with E-state index in [0.29, 0.717) is 0 Å². The fourth-order valence-corrected chi connectivity index (χ4v) is 1.42. The Morgan fingerprint density at radius 2 is 1.64 bits per heavy atom. The Bertz CT molecular complexity index is 274. The first-order chi connectivity index (χ1) is 6.12. The van der Waals surface area contributed by atoms with E-state index in [4.69, 9.17) is 4.74 Å². The quantitative estimate of drug-likeness (QED) is 0.557. The zero-order chi connectivity index (χ0) is 11.1. The maximum atomic E-state index is 11.6. The molecule has 0 saturated heterocycles. The van der Waals surface area contributed by atoms with Crippen LogP contribution in [0.25, 0.3) is 0 Å². The summed E-state index contributed by atoms with van der Waals surface area (Å²) >= 11 is 0. The molecule has 0 aliphatic carbocycles.